The Hall–Kier alpha value is -1.57. The highest BCUT2D eigenvalue weighted by molar-refractivity contribution is 7.99. The van der Waals surface area contributed by atoms with Gasteiger partial charge in [-0.25, -0.2) is 4.68 Å². The maximum absolute atomic E-state index is 5.83. The molecule has 0 amide bonds. The van der Waals surface area contributed by atoms with Crippen molar-refractivity contribution >= 4 is 34.7 Å². The topological polar surface area (TPSA) is 52.8 Å². The molecule has 3 aromatic rings. The molecule has 0 bridgehead atoms. The van der Waals surface area contributed by atoms with Crippen LogP contribution in [0.3, 0.4) is 0 Å². The molecule has 0 saturated heterocycles. The highest BCUT2D eigenvalue weighted by atomic mass is 35.5. The van der Waals surface area contributed by atoms with Crippen LogP contribution in [0.5, 0.6) is 5.75 Å². The average molecular weight is 353 g/mol. The molecule has 2 aromatic heterocycles. The van der Waals surface area contributed by atoms with Gasteiger partial charge in [0.25, 0.3) is 0 Å². The van der Waals surface area contributed by atoms with Gasteiger partial charge in [0.2, 0.25) is 5.16 Å². The maximum Gasteiger partial charge on any atom is 0.209 e. The van der Waals surface area contributed by atoms with Gasteiger partial charge in [0, 0.05) is 15.7 Å². The van der Waals surface area contributed by atoms with Gasteiger partial charge in [-0.1, -0.05) is 29.4 Å². The van der Waals surface area contributed by atoms with Crippen molar-refractivity contribution in [1.82, 2.24) is 20.2 Å². The maximum atomic E-state index is 5.83. The monoisotopic (exact) mass is 352 g/mol. The van der Waals surface area contributed by atoms with Crippen molar-refractivity contribution in [3.8, 4) is 5.75 Å². The molecule has 8 heteroatoms. The zero-order valence-corrected chi connectivity index (χ0v) is 13.9. The number of hydrogen-bond donors (Lipinski definition) is 0. The largest absolute Gasteiger partial charge is 0.493 e. The summed E-state index contributed by atoms with van der Waals surface area (Å²) < 4.78 is 7.45. The smallest absolute Gasteiger partial charge is 0.209 e. The summed E-state index contributed by atoms with van der Waals surface area (Å²) in [6, 6.07) is 11.4. The van der Waals surface area contributed by atoms with Gasteiger partial charge in [-0.05, 0) is 46.1 Å². The number of halogens is 1. The van der Waals surface area contributed by atoms with Crippen molar-refractivity contribution in [3.63, 3.8) is 0 Å². The molecule has 0 unspecified atom stereocenters. The second kappa shape index (κ2) is 7.62. The number of hydrogen-bond acceptors (Lipinski definition) is 6. The Bertz CT molecular complexity index is 700. The summed E-state index contributed by atoms with van der Waals surface area (Å²) in [6.45, 7) is 1.28. The Balaban J connectivity index is 1.48. The molecule has 0 atom stereocenters. The molecule has 0 spiro atoms. The van der Waals surface area contributed by atoms with Crippen molar-refractivity contribution in [2.45, 2.75) is 11.7 Å². The summed E-state index contributed by atoms with van der Waals surface area (Å²) in [6.07, 6.45) is 0. The lowest BCUT2D eigenvalue weighted by molar-refractivity contribution is 0.344. The Kier molecular flexibility index (Phi) is 5.31. The van der Waals surface area contributed by atoms with Gasteiger partial charge in [-0.2, -0.15) is 0 Å². The molecule has 114 valence electrons. The molecule has 0 aliphatic heterocycles. The number of aromatic nitrogens is 4. The first kappa shape index (κ1) is 15.3. The molecule has 0 aliphatic rings. The molecule has 3 rings (SSSR count). The number of nitrogens with zero attached hydrogens (tertiary/aromatic N) is 4. The number of ether oxygens (including phenoxy) is 1. The SMILES string of the molecule is Clc1ccc(OCCSc2nnnn2Cc2cccs2)cc1. The molecule has 0 aliphatic carbocycles. The quantitative estimate of drug-likeness (QED) is 0.480. The molecule has 22 heavy (non-hydrogen) atoms. The predicted molar refractivity (Wildman–Crippen MR) is 88.9 cm³/mol. The van der Waals surface area contributed by atoms with Crippen molar-refractivity contribution in [2.75, 3.05) is 12.4 Å². The fraction of sp³-hybridized carbons (Fsp3) is 0.214. The second-order valence-corrected chi connectivity index (χ2v) is 6.88. The molecule has 1 aromatic carbocycles. The molecule has 2 heterocycles. The summed E-state index contributed by atoms with van der Waals surface area (Å²) in [5.41, 5.74) is 0. The molecule has 0 N–H and O–H groups in total. The highest BCUT2D eigenvalue weighted by Crippen LogP contribution is 2.19. The Morgan fingerprint density at radius 3 is 2.86 bits per heavy atom. The third kappa shape index (κ3) is 4.22. The van der Waals surface area contributed by atoms with Crippen LogP contribution in [0.15, 0.2) is 46.9 Å². The fourth-order valence-electron chi connectivity index (χ4n) is 1.77. The minimum Gasteiger partial charge on any atom is -0.493 e. The lowest BCUT2D eigenvalue weighted by Crippen LogP contribution is -2.05. The van der Waals surface area contributed by atoms with E-state index in [1.807, 2.05) is 35.7 Å². The molecular formula is C14H13ClN4OS2. The van der Waals surface area contributed by atoms with Gasteiger partial charge in [-0.15, -0.1) is 16.4 Å². The number of benzene rings is 1. The first-order valence-electron chi connectivity index (χ1n) is 6.61. The summed E-state index contributed by atoms with van der Waals surface area (Å²) in [5, 5.41) is 15.4. The summed E-state index contributed by atoms with van der Waals surface area (Å²) in [4.78, 5) is 1.23. The minimum absolute atomic E-state index is 0.582. The van der Waals surface area contributed by atoms with Gasteiger partial charge >= 0.3 is 0 Å². The minimum atomic E-state index is 0.582. The Morgan fingerprint density at radius 2 is 2.09 bits per heavy atom. The summed E-state index contributed by atoms with van der Waals surface area (Å²) >= 11 is 9.11. The van der Waals surface area contributed by atoms with Gasteiger partial charge in [-0.3, -0.25) is 0 Å². The summed E-state index contributed by atoms with van der Waals surface area (Å²) in [7, 11) is 0. The Labute approximate surface area is 141 Å². The van der Waals surface area contributed by atoms with E-state index in [2.05, 4.69) is 21.6 Å². The third-order valence-electron chi connectivity index (χ3n) is 2.78. The van der Waals surface area contributed by atoms with Crippen LogP contribution >= 0.6 is 34.7 Å². The number of thiophene rings is 1. The van der Waals surface area contributed by atoms with Crippen molar-refractivity contribution in [3.05, 3.63) is 51.7 Å². The van der Waals surface area contributed by atoms with E-state index in [4.69, 9.17) is 16.3 Å². The van der Waals surface area contributed by atoms with E-state index in [0.29, 0.717) is 18.2 Å². The van der Waals surface area contributed by atoms with E-state index in [1.165, 1.54) is 4.88 Å². The van der Waals surface area contributed by atoms with E-state index in [-0.39, 0.29) is 0 Å². The molecule has 5 nitrogen and oxygen atoms in total. The first-order chi connectivity index (χ1) is 10.8. The van der Waals surface area contributed by atoms with Crippen LogP contribution in [-0.2, 0) is 6.54 Å². The molecule has 0 radical (unpaired) electrons. The third-order valence-corrected chi connectivity index (χ3v) is 4.82. The average Bonchev–Trinajstić information content (AvgIpc) is 3.18. The predicted octanol–water partition coefficient (Wildman–Crippen LogP) is 3.61. The first-order valence-corrected chi connectivity index (χ1v) is 8.85. The van der Waals surface area contributed by atoms with E-state index in [1.54, 1.807) is 27.8 Å². The van der Waals surface area contributed by atoms with Crippen LogP contribution in [0, 0.1) is 0 Å². The molecular weight excluding hydrogens is 340 g/mol. The standard InChI is InChI=1S/C14H13ClN4OS2/c15-11-3-5-12(6-4-11)20-7-9-22-14-16-17-18-19(14)10-13-2-1-8-21-13/h1-6,8H,7,9-10H2. The number of tetrazole rings is 1. The molecule has 0 fully saturated rings. The normalized spacial score (nSPS) is 10.8. The lowest BCUT2D eigenvalue weighted by atomic mass is 10.3. The highest BCUT2D eigenvalue weighted by Gasteiger charge is 2.08. The van der Waals surface area contributed by atoms with Crippen LogP contribution < -0.4 is 4.74 Å². The Morgan fingerprint density at radius 1 is 1.23 bits per heavy atom. The van der Waals surface area contributed by atoms with E-state index < -0.39 is 0 Å². The zero-order valence-electron chi connectivity index (χ0n) is 11.6. The fourth-order valence-corrected chi connectivity index (χ4v) is 3.28. The van der Waals surface area contributed by atoms with E-state index >= 15 is 0 Å². The second-order valence-electron chi connectivity index (χ2n) is 4.35. The number of thioether (sulfide) groups is 1. The zero-order chi connectivity index (χ0) is 15.2. The summed E-state index contributed by atoms with van der Waals surface area (Å²) in [5.74, 6) is 1.58. The van der Waals surface area contributed by atoms with E-state index in [0.717, 1.165) is 16.7 Å². The van der Waals surface area contributed by atoms with E-state index in [9.17, 15) is 0 Å². The van der Waals surface area contributed by atoms with Gasteiger partial charge in [0.1, 0.15) is 5.75 Å². The number of rotatable bonds is 7. The lowest BCUT2D eigenvalue weighted by Gasteiger charge is -2.06. The van der Waals surface area contributed by atoms with Gasteiger partial charge in [0.15, 0.2) is 0 Å². The molecule has 0 saturated carbocycles. The van der Waals surface area contributed by atoms with Crippen LogP contribution in [0.2, 0.25) is 5.02 Å². The van der Waals surface area contributed by atoms with Gasteiger partial charge in [0.05, 0.1) is 13.2 Å². The van der Waals surface area contributed by atoms with Gasteiger partial charge < -0.3 is 4.74 Å². The van der Waals surface area contributed by atoms with Crippen LogP contribution in [0.4, 0.5) is 0 Å². The van der Waals surface area contributed by atoms with Crippen molar-refractivity contribution < 1.29 is 4.74 Å². The van der Waals surface area contributed by atoms with Crippen molar-refractivity contribution in [1.29, 1.82) is 0 Å². The van der Waals surface area contributed by atoms with Crippen molar-refractivity contribution in [2.24, 2.45) is 0 Å². The van der Waals surface area contributed by atoms with Crippen LogP contribution in [0.1, 0.15) is 4.88 Å². The van der Waals surface area contributed by atoms with Crippen LogP contribution in [-0.4, -0.2) is 32.6 Å². The van der Waals surface area contributed by atoms with Crippen LogP contribution in [0.25, 0.3) is 0 Å².